The number of nitrogens with two attached hydrogens (primary N) is 1. The van der Waals surface area contributed by atoms with Crippen LogP contribution < -0.4 is 16.0 Å². The largest absolute Gasteiger partial charge is 0.397 e. The fraction of sp³-hybridized carbons (Fsp3) is 0.562. The molecule has 0 aliphatic carbocycles. The quantitative estimate of drug-likeness (QED) is 0.808. The van der Waals surface area contributed by atoms with E-state index in [2.05, 4.69) is 22.0 Å². The summed E-state index contributed by atoms with van der Waals surface area (Å²) in [7, 11) is 3.69. The SMILES string of the molecule is CCN1CCCC1CN(C)c1cc(C(=O)NC)ccc1N. The van der Waals surface area contributed by atoms with E-state index < -0.39 is 0 Å². The van der Waals surface area contributed by atoms with Gasteiger partial charge in [0.05, 0.1) is 11.4 Å². The van der Waals surface area contributed by atoms with Gasteiger partial charge in [0.25, 0.3) is 5.91 Å². The molecule has 0 saturated carbocycles. The van der Waals surface area contributed by atoms with Crippen molar-refractivity contribution in [3.8, 4) is 0 Å². The van der Waals surface area contributed by atoms with Gasteiger partial charge in [-0.05, 0) is 44.1 Å². The van der Waals surface area contributed by atoms with Gasteiger partial charge in [-0.3, -0.25) is 9.69 Å². The number of anilines is 2. The number of benzene rings is 1. The normalized spacial score (nSPS) is 18.7. The summed E-state index contributed by atoms with van der Waals surface area (Å²) in [5.41, 5.74) is 8.38. The lowest BCUT2D eigenvalue weighted by Crippen LogP contribution is -2.39. The minimum Gasteiger partial charge on any atom is -0.397 e. The van der Waals surface area contributed by atoms with Crippen LogP contribution in [0.3, 0.4) is 0 Å². The van der Waals surface area contributed by atoms with Gasteiger partial charge in [-0.2, -0.15) is 0 Å². The molecule has 1 heterocycles. The van der Waals surface area contributed by atoms with Gasteiger partial charge in [0, 0.05) is 32.2 Å². The Hall–Kier alpha value is -1.75. The Bertz CT molecular complexity index is 503. The minimum absolute atomic E-state index is 0.0827. The first-order chi connectivity index (χ1) is 10.1. The zero-order chi connectivity index (χ0) is 15.4. The number of nitrogen functional groups attached to an aromatic ring is 1. The lowest BCUT2D eigenvalue weighted by Gasteiger charge is -2.29. The van der Waals surface area contributed by atoms with Crippen LogP contribution in [0.2, 0.25) is 0 Å². The number of hydrogen-bond acceptors (Lipinski definition) is 4. The van der Waals surface area contributed by atoms with Gasteiger partial charge in [-0.25, -0.2) is 0 Å². The van der Waals surface area contributed by atoms with E-state index in [1.54, 1.807) is 13.1 Å². The van der Waals surface area contributed by atoms with E-state index in [0.29, 0.717) is 17.3 Å². The topological polar surface area (TPSA) is 61.6 Å². The first kappa shape index (κ1) is 15.6. The summed E-state index contributed by atoms with van der Waals surface area (Å²) in [5, 5.41) is 2.65. The Morgan fingerprint density at radius 3 is 2.95 bits per heavy atom. The highest BCUT2D eigenvalue weighted by Crippen LogP contribution is 2.26. The molecule has 0 aromatic heterocycles. The van der Waals surface area contributed by atoms with Crippen molar-refractivity contribution < 1.29 is 4.79 Å². The number of nitrogens with zero attached hydrogens (tertiary/aromatic N) is 2. The highest BCUT2D eigenvalue weighted by Gasteiger charge is 2.24. The van der Waals surface area contributed by atoms with Crippen molar-refractivity contribution >= 4 is 17.3 Å². The van der Waals surface area contributed by atoms with Crippen LogP contribution in [0.1, 0.15) is 30.1 Å². The number of rotatable bonds is 5. The summed E-state index contributed by atoms with van der Waals surface area (Å²) < 4.78 is 0. The van der Waals surface area contributed by atoms with E-state index in [4.69, 9.17) is 5.73 Å². The number of nitrogens with one attached hydrogen (secondary N) is 1. The molecule has 0 radical (unpaired) electrons. The van der Waals surface area contributed by atoms with Crippen LogP contribution in [-0.2, 0) is 0 Å². The van der Waals surface area contributed by atoms with Crippen LogP contribution in [0.5, 0.6) is 0 Å². The van der Waals surface area contributed by atoms with E-state index in [1.807, 2.05) is 19.2 Å². The average Bonchev–Trinajstić information content (AvgIpc) is 2.93. The molecule has 0 bridgehead atoms. The number of amides is 1. The lowest BCUT2D eigenvalue weighted by atomic mass is 10.1. The molecule has 1 aromatic rings. The Morgan fingerprint density at radius 2 is 2.29 bits per heavy atom. The van der Waals surface area contributed by atoms with Gasteiger partial charge in [0.1, 0.15) is 0 Å². The maximum atomic E-state index is 11.8. The third-order valence-electron chi connectivity index (χ3n) is 4.32. The fourth-order valence-electron chi connectivity index (χ4n) is 3.09. The van der Waals surface area contributed by atoms with Crippen molar-refractivity contribution in [1.29, 1.82) is 0 Å². The molecule has 1 fully saturated rings. The van der Waals surface area contributed by atoms with Crippen LogP contribution in [0.4, 0.5) is 11.4 Å². The second kappa shape index (κ2) is 6.80. The minimum atomic E-state index is -0.0827. The molecule has 0 spiro atoms. The molecule has 1 saturated heterocycles. The molecular formula is C16H26N4O. The van der Waals surface area contributed by atoms with Gasteiger partial charge in [-0.15, -0.1) is 0 Å². The van der Waals surface area contributed by atoms with Gasteiger partial charge in [0.15, 0.2) is 0 Å². The third-order valence-corrected chi connectivity index (χ3v) is 4.32. The molecule has 5 heteroatoms. The predicted octanol–water partition coefficient (Wildman–Crippen LogP) is 1.55. The summed E-state index contributed by atoms with van der Waals surface area (Å²) in [6, 6.07) is 6.02. The van der Waals surface area contributed by atoms with Crippen LogP contribution in [0, 0.1) is 0 Å². The molecule has 116 valence electrons. The van der Waals surface area contributed by atoms with Crippen LogP contribution in [-0.4, -0.2) is 50.6 Å². The van der Waals surface area contributed by atoms with Gasteiger partial charge >= 0.3 is 0 Å². The third kappa shape index (κ3) is 3.47. The number of carbonyl (C=O) groups excluding carboxylic acids is 1. The first-order valence-corrected chi connectivity index (χ1v) is 7.63. The van der Waals surface area contributed by atoms with Crippen LogP contribution in [0.15, 0.2) is 18.2 Å². The maximum absolute atomic E-state index is 11.8. The average molecular weight is 290 g/mol. The number of likely N-dealkylation sites (N-methyl/N-ethyl adjacent to an activating group) is 2. The molecule has 1 unspecified atom stereocenters. The zero-order valence-electron chi connectivity index (χ0n) is 13.2. The maximum Gasteiger partial charge on any atom is 0.251 e. The number of likely N-dealkylation sites (tertiary alicyclic amines) is 1. The second-order valence-corrected chi connectivity index (χ2v) is 5.66. The van der Waals surface area contributed by atoms with E-state index >= 15 is 0 Å². The Balaban J connectivity index is 2.14. The van der Waals surface area contributed by atoms with Crippen molar-refractivity contribution in [2.24, 2.45) is 0 Å². The fourth-order valence-corrected chi connectivity index (χ4v) is 3.09. The standard InChI is InChI=1S/C16H26N4O/c1-4-20-9-5-6-13(20)11-19(3)15-10-12(16(21)18-2)7-8-14(15)17/h7-8,10,13H,4-6,9,11,17H2,1-3H3,(H,18,21). The monoisotopic (exact) mass is 290 g/mol. The summed E-state index contributed by atoms with van der Waals surface area (Å²) in [5.74, 6) is -0.0827. The number of carbonyl (C=O) groups is 1. The van der Waals surface area contributed by atoms with Gasteiger partial charge < -0.3 is 16.0 Å². The summed E-state index contributed by atoms with van der Waals surface area (Å²) in [4.78, 5) is 16.4. The Morgan fingerprint density at radius 1 is 1.52 bits per heavy atom. The molecule has 1 amide bonds. The van der Waals surface area contributed by atoms with Crippen molar-refractivity contribution in [2.45, 2.75) is 25.8 Å². The van der Waals surface area contributed by atoms with E-state index in [9.17, 15) is 4.79 Å². The van der Waals surface area contributed by atoms with Crippen molar-refractivity contribution in [3.05, 3.63) is 23.8 Å². The molecule has 2 rings (SSSR count). The lowest BCUT2D eigenvalue weighted by molar-refractivity contribution is 0.0963. The van der Waals surface area contributed by atoms with Crippen molar-refractivity contribution in [1.82, 2.24) is 10.2 Å². The first-order valence-electron chi connectivity index (χ1n) is 7.63. The highest BCUT2D eigenvalue weighted by atomic mass is 16.1. The molecule has 1 aliphatic rings. The van der Waals surface area contributed by atoms with Crippen molar-refractivity contribution in [3.63, 3.8) is 0 Å². The molecule has 3 N–H and O–H groups in total. The van der Waals surface area contributed by atoms with E-state index in [1.165, 1.54) is 19.4 Å². The van der Waals surface area contributed by atoms with E-state index in [0.717, 1.165) is 18.8 Å². The van der Waals surface area contributed by atoms with Gasteiger partial charge in [-0.1, -0.05) is 6.92 Å². The smallest absolute Gasteiger partial charge is 0.251 e. The van der Waals surface area contributed by atoms with Crippen LogP contribution in [0.25, 0.3) is 0 Å². The summed E-state index contributed by atoms with van der Waals surface area (Å²) in [6.07, 6.45) is 2.49. The van der Waals surface area contributed by atoms with Crippen molar-refractivity contribution in [2.75, 3.05) is 44.4 Å². The van der Waals surface area contributed by atoms with Crippen LogP contribution >= 0.6 is 0 Å². The summed E-state index contributed by atoms with van der Waals surface area (Å²) >= 11 is 0. The zero-order valence-corrected chi connectivity index (χ0v) is 13.2. The molecular weight excluding hydrogens is 264 g/mol. The molecule has 1 atom stereocenters. The Labute approximate surface area is 127 Å². The molecule has 1 aliphatic heterocycles. The number of hydrogen-bond donors (Lipinski definition) is 2. The Kier molecular flexibility index (Phi) is 5.07. The van der Waals surface area contributed by atoms with Gasteiger partial charge in [0.2, 0.25) is 0 Å². The molecule has 1 aromatic carbocycles. The highest BCUT2D eigenvalue weighted by molar-refractivity contribution is 5.96. The van der Waals surface area contributed by atoms with E-state index in [-0.39, 0.29) is 5.91 Å². The molecule has 5 nitrogen and oxygen atoms in total. The molecule has 21 heavy (non-hydrogen) atoms. The summed E-state index contributed by atoms with van der Waals surface area (Å²) in [6.45, 7) is 5.42. The second-order valence-electron chi connectivity index (χ2n) is 5.66. The predicted molar refractivity (Wildman–Crippen MR) is 87.8 cm³/mol.